The lowest BCUT2D eigenvalue weighted by Gasteiger charge is -2.17. The molecule has 0 fully saturated rings. The summed E-state index contributed by atoms with van der Waals surface area (Å²) in [7, 11) is 0. The van der Waals surface area contributed by atoms with Gasteiger partial charge in [-0.3, -0.25) is 9.48 Å². The van der Waals surface area contributed by atoms with Crippen molar-refractivity contribution in [3.05, 3.63) is 16.9 Å². The molecule has 1 rings (SSSR count). The number of halogens is 1. The van der Waals surface area contributed by atoms with E-state index in [1.807, 2.05) is 20.8 Å². The molecule has 15 heavy (non-hydrogen) atoms. The van der Waals surface area contributed by atoms with Crippen LogP contribution in [0, 0.1) is 0 Å². The Morgan fingerprint density at radius 3 is 2.73 bits per heavy atom. The van der Waals surface area contributed by atoms with Gasteiger partial charge >= 0.3 is 0 Å². The number of hydrogen-bond donors (Lipinski definition) is 1. The highest BCUT2D eigenvalue weighted by atomic mass is 35.5. The first-order chi connectivity index (χ1) is 6.85. The Morgan fingerprint density at radius 1 is 1.67 bits per heavy atom. The molecular weight excluding hydrogens is 214 g/mol. The van der Waals surface area contributed by atoms with Gasteiger partial charge in [-0.05, 0) is 20.8 Å². The van der Waals surface area contributed by atoms with Crippen molar-refractivity contribution in [3.63, 3.8) is 0 Å². The summed E-state index contributed by atoms with van der Waals surface area (Å²) >= 11 is 5.90. The molecule has 0 aliphatic rings. The van der Waals surface area contributed by atoms with Gasteiger partial charge in [-0.25, -0.2) is 0 Å². The quantitative estimate of drug-likeness (QED) is 0.802. The molecule has 0 unspecified atom stereocenters. The van der Waals surface area contributed by atoms with Crippen molar-refractivity contribution in [3.8, 4) is 0 Å². The molecule has 0 saturated carbocycles. The molecule has 1 aromatic rings. The molecule has 0 aliphatic heterocycles. The zero-order valence-electron chi connectivity index (χ0n) is 9.25. The monoisotopic (exact) mass is 229 g/mol. The second kappa shape index (κ2) is 4.33. The van der Waals surface area contributed by atoms with Crippen LogP contribution in [-0.4, -0.2) is 21.1 Å². The highest BCUT2D eigenvalue weighted by Crippen LogP contribution is 2.19. The Bertz CT molecular complexity index is 365. The third kappa shape index (κ3) is 3.04. The Balaban J connectivity index is 2.95. The van der Waals surface area contributed by atoms with Gasteiger partial charge in [0.2, 0.25) is 0 Å². The number of ketones is 1. The summed E-state index contributed by atoms with van der Waals surface area (Å²) in [6, 6.07) is 0. The van der Waals surface area contributed by atoms with Crippen LogP contribution in [0.4, 0.5) is 0 Å². The van der Waals surface area contributed by atoms with E-state index in [4.69, 9.17) is 17.3 Å². The number of aromatic nitrogens is 2. The molecule has 1 heterocycles. The number of Topliss-reactive ketones (excluding diaryl/α,β-unsaturated/α-hetero) is 1. The maximum Gasteiger partial charge on any atom is 0.184 e. The van der Waals surface area contributed by atoms with E-state index in [0.29, 0.717) is 17.3 Å². The van der Waals surface area contributed by atoms with Crippen LogP contribution in [0.5, 0.6) is 0 Å². The van der Waals surface area contributed by atoms with Crippen molar-refractivity contribution in [2.75, 3.05) is 0 Å². The standard InChI is InChI=1S/C10H16ClN3O/c1-4-14-9(7(11)6-13-14)8(15)5-10(2,3)12/h6H,4-5,12H2,1-3H3. The van der Waals surface area contributed by atoms with Crippen LogP contribution < -0.4 is 5.73 Å². The van der Waals surface area contributed by atoms with Gasteiger partial charge in [0, 0.05) is 18.5 Å². The number of nitrogens with zero attached hydrogens (tertiary/aromatic N) is 2. The topological polar surface area (TPSA) is 60.9 Å². The number of rotatable bonds is 4. The maximum atomic E-state index is 11.9. The fourth-order valence-corrected chi connectivity index (χ4v) is 1.62. The normalized spacial score (nSPS) is 11.8. The van der Waals surface area contributed by atoms with Crippen molar-refractivity contribution >= 4 is 17.4 Å². The highest BCUT2D eigenvalue weighted by Gasteiger charge is 2.22. The van der Waals surface area contributed by atoms with Gasteiger partial charge in [0.15, 0.2) is 5.78 Å². The van der Waals surface area contributed by atoms with Crippen molar-refractivity contribution in [1.82, 2.24) is 9.78 Å². The van der Waals surface area contributed by atoms with Crippen LogP contribution in [-0.2, 0) is 6.54 Å². The predicted octanol–water partition coefficient (Wildman–Crippen LogP) is 1.87. The van der Waals surface area contributed by atoms with E-state index < -0.39 is 5.54 Å². The highest BCUT2D eigenvalue weighted by molar-refractivity contribution is 6.33. The van der Waals surface area contributed by atoms with Gasteiger partial charge < -0.3 is 5.73 Å². The largest absolute Gasteiger partial charge is 0.325 e. The van der Waals surface area contributed by atoms with Crippen LogP contribution in [0.1, 0.15) is 37.7 Å². The molecule has 84 valence electrons. The first kappa shape index (κ1) is 12.2. The number of carbonyl (C=O) groups is 1. The summed E-state index contributed by atoms with van der Waals surface area (Å²) in [5.41, 5.74) is 5.72. The molecular formula is C10H16ClN3O. The molecule has 5 heteroatoms. The van der Waals surface area contributed by atoms with Crippen LogP contribution in [0.2, 0.25) is 5.02 Å². The minimum atomic E-state index is -0.525. The molecule has 4 nitrogen and oxygen atoms in total. The van der Waals surface area contributed by atoms with E-state index in [9.17, 15) is 4.79 Å². The fraction of sp³-hybridized carbons (Fsp3) is 0.600. The number of aryl methyl sites for hydroxylation is 1. The molecule has 0 aliphatic carbocycles. The number of nitrogens with two attached hydrogens (primary N) is 1. The molecule has 0 radical (unpaired) electrons. The molecule has 0 bridgehead atoms. The van der Waals surface area contributed by atoms with E-state index >= 15 is 0 Å². The van der Waals surface area contributed by atoms with E-state index in [0.717, 1.165) is 0 Å². The van der Waals surface area contributed by atoms with E-state index in [2.05, 4.69) is 5.10 Å². The molecule has 0 saturated heterocycles. The maximum absolute atomic E-state index is 11.9. The molecule has 0 amide bonds. The summed E-state index contributed by atoms with van der Waals surface area (Å²) in [6.45, 7) is 6.16. The lowest BCUT2D eigenvalue weighted by molar-refractivity contribution is 0.0950. The summed E-state index contributed by atoms with van der Waals surface area (Å²) < 4.78 is 1.59. The predicted molar refractivity (Wildman–Crippen MR) is 60.1 cm³/mol. The van der Waals surface area contributed by atoms with E-state index in [1.54, 1.807) is 4.68 Å². The number of carbonyl (C=O) groups excluding carboxylic acids is 1. The van der Waals surface area contributed by atoms with Gasteiger partial charge in [0.1, 0.15) is 5.69 Å². The zero-order valence-corrected chi connectivity index (χ0v) is 10.0. The van der Waals surface area contributed by atoms with Crippen LogP contribution in [0.3, 0.4) is 0 Å². The average Bonchev–Trinajstić information content (AvgIpc) is 2.43. The van der Waals surface area contributed by atoms with Gasteiger partial charge in [-0.1, -0.05) is 11.6 Å². The minimum absolute atomic E-state index is 0.0631. The average molecular weight is 230 g/mol. The Morgan fingerprint density at radius 2 is 2.27 bits per heavy atom. The van der Waals surface area contributed by atoms with Crippen LogP contribution in [0.25, 0.3) is 0 Å². The van der Waals surface area contributed by atoms with Gasteiger partial charge in [-0.15, -0.1) is 0 Å². The lowest BCUT2D eigenvalue weighted by Crippen LogP contribution is -2.35. The van der Waals surface area contributed by atoms with Crippen LogP contribution >= 0.6 is 11.6 Å². The van der Waals surface area contributed by atoms with Crippen molar-refractivity contribution in [2.45, 2.75) is 39.3 Å². The van der Waals surface area contributed by atoms with Crippen molar-refractivity contribution < 1.29 is 4.79 Å². The summed E-state index contributed by atoms with van der Waals surface area (Å²) in [5, 5.41) is 4.40. The third-order valence-electron chi connectivity index (χ3n) is 1.97. The SMILES string of the molecule is CCn1ncc(Cl)c1C(=O)CC(C)(C)N. The minimum Gasteiger partial charge on any atom is -0.325 e. The van der Waals surface area contributed by atoms with Crippen molar-refractivity contribution in [1.29, 1.82) is 0 Å². The lowest BCUT2D eigenvalue weighted by atomic mass is 9.98. The molecule has 0 atom stereocenters. The molecule has 0 spiro atoms. The van der Waals surface area contributed by atoms with Gasteiger partial charge in [0.25, 0.3) is 0 Å². The van der Waals surface area contributed by atoms with Gasteiger partial charge in [-0.2, -0.15) is 5.10 Å². The van der Waals surface area contributed by atoms with E-state index in [1.165, 1.54) is 6.20 Å². The first-order valence-corrected chi connectivity index (χ1v) is 5.26. The van der Waals surface area contributed by atoms with Crippen LogP contribution in [0.15, 0.2) is 6.20 Å². The third-order valence-corrected chi connectivity index (χ3v) is 2.25. The summed E-state index contributed by atoms with van der Waals surface area (Å²) in [6.07, 6.45) is 1.75. The smallest absolute Gasteiger partial charge is 0.184 e. The van der Waals surface area contributed by atoms with Crippen molar-refractivity contribution in [2.24, 2.45) is 5.73 Å². The first-order valence-electron chi connectivity index (χ1n) is 4.88. The molecule has 1 aromatic heterocycles. The second-order valence-electron chi connectivity index (χ2n) is 4.25. The summed E-state index contributed by atoms with van der Waals surface area (Å²) in [4.78, 5) is 11.9. The zero-order chi connectivity index (χ0) is 11.6. The van der Waals surface area contributed by atoms with Gasteiger partial charge in [0.05, 0.1) is 11.2 Å². The molecule has 2 N–H and O–H groups in total. The number of hydrogen-bond acceptors (Lipinski definition) is 3. The Hall–Kier alpha value is -0.870. The second-order valence-corrected chi connectivity index (χ2v) is 4.65. The van der Waals surface area contributed by atoms with E-state index in [-0.39, 0.29) is 12.2 Å². The fourth-order valence-electron chi connectivity index (χ4n) is 1.38. The Kier molecular flexibility index (Phi) is 3.52. The molecule has 0 aromatic carbocycles. The Labute approximate surface area is 94.4 Å². The summed E-state index contributed by atoms with van der Waals surface area (Å²) in [5.74, 6) is -0.0631.